The molecule has 2 saturated heterocycles. The normalized spacial score (nSPS) is 18.5. The Hall–Kier alpha value is -2.48. The second-order valence-electron chi connectivity index (χ2n) is 8.38. The zero-order valence-corrected chi connectivity index (χ0v) is 17.4. The molecule has 8 heteroatoms. The third-order valence-electron chi connectivity index (χ3n) is 6.25. The van der Waals surface area contributed by atoms with E-state index in [0.29, 0.717) is 36.3 Å². The molecule has 0 radical (unpaired) electrons. The first kappa shape index (κ1) is 21.7. The molecule has 0 saturated carbocycles. The molecule has 0 N–H and O–H groups in total. The van der Waals surface area contributed by atoms with Crippen LogP contribution in [-0.2, 0) is 6.18 Å². The number of rotatable bonds is 3. The average molecular weight is 435 g/mol. The third kappa shape index (κ3) is 4.74. The Bertz CT molecular complexity index is 962. The summed E-state index contributed by atoms with van der Waals surface area (Å²) in [5, 5.41) is 0. The van der Waals surface area contributed by atoms with Crippen molar-refractivity contribution in [2.75, 3.05) is 26.2 Å². The van der Waals surface area contributed by atoms with E-state index in [1.807, 2.05) is 0 Å². The van der Waals surface area contributed by atoms with Gasteiger partial charge in [0.1, 0.15) is 11.5 Å². The number of carbonyl (C=O) groups is 1. The summed E-state index contributed by atoms with van der Waals surface area (Å²) in [5.74, 6) is -1.14. The van der Waals surface area contributed by atoms with Crippen LogP contribution in [0.15, 0.2) is 30.5 Å². The molecule has 2 fully saturated rings. The summed E-state index contributed by atoms with van der Waals surface area (Å²) >= 11 is 0. The Morgan fingerprint density at radius 1 is 1.00 bits per heavy atom. The molecular formula is C23H25F4N3O. The largest absolute Gasteiger partial charge is 0.416 e. The lowest BCUT2D eigenvalue weighted by Crippen LogP contribution is -2.46. The van der Waals surface area contributed by atoms with E-state index in [9.17, 15) is 22.4 Å². The summed E-state index contributed by atoms with van der Waals surface area (Å²) in [4.78, 5) is 21.5. The minimum Gasteiger partial charge on any atom is -0.337 e. The van der Waals surface area contributed by atoms with Crippen LogP contribution >= 0.6 is 0 Å². The van der Waals surface area contributed by atoms with Crippen molar-refractivity contribution in [3.05, 3.63) is 53.1 Å². The van der Waals surface area contributed by atoms with Crippen molar-refractivity contribution in [2.24, 2.45) is 0 Å². The fraction of sp³-hybridized carbons (Fsp3) is 0.478. The molecule has 4 rings (SSSR count). The number of hydrogen-bond acceptors (Lipinski definition) is 3. The van der Waals surface area contributed by atoms with Crippen LogP contribution in [0.3, 0.4) is 0 Å². The molecule has 166 valence electrons. The maximum Gasteiger partial charge on any atom is 0.416 e. The third-order valence-corrected chi connectivity index (χ3v) is 6.25. The van der Waals surface area contributed by atoms with Gasteiger partial charge in [0, 0.05) is 30.9 Å². The van der Waals surface area contributed by atoms with Crippen molar-refractivity contribution in [1.29, 1.82) is 0 Å². The highest BCUT2D eigenvalue weighted by molar-refractivity contribution is 5.94. The lowest BCUT2D eigenvalue weighted by molar-refractivity contribution is -0.137. The zero-order chi connectivity index (χ0) is 22.2. The molecule has 2 aliphatic rings. The Kier molecular flexibility index (Phi) is 6.01. The predicted octanol–water partition coefficient (Wildman–Crippen LogP) is 4.92. The van der Waals surface area contributed by atoms with Gasteiger partial charge in [-0.3, -0.25) is 9.78 Å². The van der Waals surface area contributed by atoms with E-state index >= 15 is 0 Å². The standard InChI is InChI=1S/C23H25F4N3O/c1-15-10-17(16-11-18(23(25,26)27)13-19(24)12-16)14-28-21(15)22(31)30-8-4-20(5-9-30)29-6-2-3-7-29/h10-14,20H,2-9H2,1H3. The number of alkyl halides is 3. The Labute approximate surface area is 178 Å². The number of carbonyl (C=O) groups excluding carboxylic acids is 1. The van der Waals surface area contributed by atoms with Crippen LogP contribution in [0.25, 0.3) is 11.1 Å². The summed E-state index contributed by atoms with van der Waals surface area (Å²) < 4.78 is 52.8. The monoisotopic (exact) mass is 435 g/mol. The van der Waals surface area contributed by atoms with Crippen molar-refractivity contribution in [2.45, 2.75) is 44.8 Å². The van der Waals surface area contributed by atoms with Crippen LogP contribution in [0.1, 0.15) is 47.3 Å². The van der Waals surface area contributed by atoms with Gasteiger partial charge in [-0.1, -0.05) is 0 Å². The highest BCUT2D eigenvalue weighted by Gasteiger charge is 2.32. The molecule has 0 unspecified atom stereocenters. The van der Waals surface area contributed by atoms with Gasteiger partial charge in [0.25, 0.3) is 5.91 Å². The van der Waals surface area contributed by atoms with Gasteiger partial charge in [-0.25, -0.2) is 4.39 Å². The summed E-state index contributed by atoms with van der Waals surface area (Å²) in [6.07, 6.45) is 1.05. The van der Waals surface area contributed by atoms with Crippen LogP contribution < -0.4 is 0 Å². The fourth-order valence-corrected chi connectivity index (χ4v) is 4.57. The van der Waals surface area contributed by atoms with Crippen molar-refractivity contribution >= 4 is 5.91 Å². The molecule has 3 heterocycles. The van der Waals surface area contributed by atoms with E-state index in [-0.39, 0.29) is 17.2 Å². The smallest absolute Gasteiger partial charge is 0.337 e. The topological polar surface area (TPSA) is 36.4 Å². The van der Waals surface area contributed by atoms with Crippen LogP contribution in [-0.4, -0.2) is 52.9 Å². The number of nitrogens with zero attached hydrogens (tertiary/aromatic N) is 3. The fourth-order valence-electron chi connectivity index (χ4n) is 4.57. The first-order valence-corrected chi connectivity index (χ1v) is 10.6. The zero-order valence-electron chi connectivity index (χ0n) is 17.4. The summed E-state index contributed by atoms with van der Waals surface area (Å²) in [6, 6.07) is 4.51. The highest BCUT2D eigenvalue weighted by atomic mass is 19.4. The van der Waals surface area contributed by atoms with E-state index in [1.54, 1.807) is 17.9 Å². The van der Waals surface area contributed by atoms with Crippen molar-refractivity contribution in [3.63, 3.8) is 0 Å². The minimum absolute atomic E-state index is 0.0772. The van der Waals surface area contributed by atoms with Crippen LogP contribution in [0.5, 0.6) is 0 Å². The maximum atomic E-state index is 13.8. The summed E-state index contributed by atoms with van der Waals surface area (Å²) in [5.41, 5.74) is 0.208. The molecule has 2 aliphatic heterocycles. The van der Waals surface area contributed by atoms with E-state index in [1.165, 1.54) is 19.0 Å². The van der Waals surface area contributed by atoms with Crippen molar-refractivity contribution in [3.8, 4) is 11.1 Å². The summed E-state index contributed by atoms with van der Waals surface area (Å²) in [6.45, 7) is 5.31. The van der Waals surface area contributed by atoms with Gasteiger partial charge in [-0.15, -0.1) is 0 Å². The van der Waals surface area contributed by atoms with Gasteiger partial charge in [0.2, 0.25) is 0 Å². The first-order valence-electron chi connectivity index (χ1n) is 10.6. The Morgan fingerprint density at radius 2 is 1.68 bits per heavy atom. The number of piperidine rings is 1. The number of halogens is 4. The van der Waals surface area contributed by atoms with Gasteiger partial charge in [0.15, 0.2) is 0 Å². The van der Waals surface area contributed by atoms with Gasteiger partial charge in [-0.05, 0) is 81.1 Å². The van der Waals surface area contributed by atoms with Crippen LogP contribution in [0.2, 0.25) is 0 Å². The number of aryl methyl sites for hydroxylation is 1. The van der Waals surface area contributed by atoms with Gasteiger partial charge in [-0.2, -0.15) is 13.2 Å². The molecule has 4 nitrogen and oxygen atoms in total. The number of aromatic nitrogens is 1. The Morgan fingerprint density at radius 3 is 2.29 bits per heavy atom. The molecular weight excluding hydrogens is 410 g/mol. The number of hydrogen-bond donors (Lipinski definition) is 0. The van der Waals surface area contributed by atoms with Gasteiger partial charge in [0.05, 0.1) is 5.56 Å². The maximum absolute atomic E-state index is 13.8. The van der Waals surface area contributed by atoms with E-state index < -0.39 is 17.6 Å². The quantitative estimate of drug-likeness (QED) is 0.643. The molecule has 0 spiro atoms. The number of pyridine rings is 1. The highest BCUT2D eigenvalue weighted by Crippen LogP contribution is 2.33. The number of likely N-dealkylation sites (tertiary alicyclic amines) is 2. The molecule has 31 heavy (non-hydrogen) atoms. The van der Waals surface area contributed by atoms with Gasteiger partial charge < -0.3 is 9.80 Å². The molecule has 1 amide bonds. The van der Waals surface area contributed by atoms with Crippen LogP contribution in [0, 0.1) is 12.7 Å². The SMILES string of the molecule is Cc1cc(-c2cc(F)cc(C(F)(F)F)c2)cnc1C(=O)N1CCC(N2CCCC2)CC1. The van der Waals surface area contributed by atoms with Gasteiger partial charge >= 0.3 is 6.18 Å². The molecule has 0 aliphatic carbocycles. The lowest BCUT2D eigenvalue weighted by atomic mass is 10.0. The average Bonchev–Trinajstić information content (AvgIpc) is 3.27. The first-order chi connectivity index (χ1) is 14.7. The Balaban J connectivity index is 1.49. The molecule has 1 aromatic heterocycles. The van der Waals surface area contributed by atoms with E-state index in [2.05, 4.69) is 9.88 Å². The van der Waals surface area contributed by atoms with E-state index in [0.717, 1.165) is 38.1 Å². The van der Waals surface area contributed by atoms with Crippen LogP contribution in [0.4, 0.5) is 17.6 Å². The lowest BCUT2D eigenvalue weighted by Gasteiger charge is -2.36. The molecule has 0 bridgehead atoms. The van der Waals surface area contributed by atoms with E-state index in [4.69, 9.17) is 0 Å². The molecule has 2 aromatic rings. The minimum atomic E-state index is -4.64. The number of benzene rings is 1. The second kappa shape index (κ2) is 8.57. The number of amides is 1. The summed E-state index contributed by atoms with van der Waals surface area (Å²) in [7, 11) is 0. The molecule has 0 atom stereocenters. The van der Waals surface area contributed by atoms with Crippen molar-refractivity contribution in [1.82, 2.24) is 14.8 Å². The molecule has 1 aromatic carbocycles. The van der Waals surface area contributed by atoms with Crippen molar-refractivity contribution < 1.29 is 22.4 Å². The second-order valence-corrected chi connectivity index (χ2v) is 8.38. The predicted molar refractivity (Wildman–Crippen MR) is 109 cm³/mol.